The summed E-state index contributed by atoms with van der Waals surface area (Å²) in [5.74, 6) is -0.209. The molecule has 2 N–H and O–H groups in total. The second kappa shape index (κ2) is 5.29. The third-order valence-electron chi connectivity index (χ3n) is 2.41. The van der Waals surface area contributed by atoms with Crippen molar-refractivity contribution in [2.45, 2.75) is 0 Å². The molecule has 94 valence electrons. The number of aromatic hydroxyl groups is 1. The van der Waals surface area contributed by atoms with Crippen LogP contribution in [0.2, 0.25) is 5.02 Å². The molecular formula is C12H10ClNO3S. The molecule has 0 radical (unpaired) electrons. The van der Waals surface area contributed by atoms with Crippen molar-refractivity contribution in [1.29, 1.82) is 0 Å². The molecule has 6 heteroatoms. The van der Waals surface area contributed by atoms with Crippen LogP contribution in [-0.2, 0) is 10.9 Å². The van der Waals surface area contributed by atoms with Crippen molar-refractivity contribution in [3.63, 3.8) is 0 Å². The van der Waals surface area contributed by atoms with Gasteiger partial charge in [0, 0.05) is 5.56 Å². The molecule has 2 rings (SSSR count). The van der Waals surface area contributed by atoms with Gasteiger partial charge in [0.1, 0.15) is 11.4 Å². The fraction of sp³-hybridized carbons (Fsp3) is 0. The van der Waals surface area contributed by atoms with Gasteiger partial charge in [-0.2, -0.15) is 0 Å². The third-order valence-corrected chi connectivity index (χ3v) is 3.21. The Morgan fingerprint density at radius 3 is 2.33 bits per heavy atom. The lowest BCUT2D eigenvalue weighted by Gasteiger charge is -2.10. The van der Waals surface area contributed by atoms with Crippen LogP contribution in [0.4, 0.5) is 5.69 Å². The molecule has 0 bridgehead atoms. The van der Waals surface area contributed by atoms with Crippen molar-refractivity contribution in [2.75, 3.05) is 4.72 Å². The molecule has 0 aliphatic rings. The molecule has 0 aliphatic heterocycles. The molecule has 0 heterocycles. The SMILES string of the molecule is O=[SH](=O)Nc1c(O)ccc(-c2ccccc2)c1Cl. The van der Waals surface area contributed by atoms with Gasteiger partial charge in [-0.15, -0.1) is 0 Å². The highest BCUT2D eigenvalue weighted by Gasteiger charge is 2.12. The van der Waals surface area contributed by atoms with Gasteiger partial charge in [0.2, 0.25) is 10.9 Å². The average Bonchev–Trinajstić information content (AvgIpc) is 2.35. The predicted molar refractivity (Wildman–Crippen MR) is 72.5 cm³/mol. The van der Waals surface area contributed by atoms with Crippen molar-refractivity contribution in [3.05, 3.63) is 47.5 Å². The van der Waals surface area contributed by atoms with Gasteiger partial charge in [-0.25, -0.2) is 8.42 Å². The number of hydrogen-bond acceptors (Lipinski definition) is 3. The van der Waals surface area contributed by atoms with Crippen LogP contribution in [0, 0.1) is 0 Å². The summed E-state index contributed by atoms with van der Waals surface area (Å²) in [4.78, 5) is 0. The summed E-state index contributed by atoms with van der Waals surface area (Å²) in [5, 5.41) is 9.76. The van der Waals surface area contributed by atoms with Crippen molar-refractivity contribution in [2.24, 2.45) is 0 Å². The lowest BCUT2D eigenvalue weighted by atomic mass is 10.0. The largest absolute Gasteiger partial charge is 0.506 e. The normalized spacial score (nSPS) is 10.6. The number of nitrogens with one attached hydrogen (secondary N) is 1. The summed E-state index contributed by atoms with van der Waals surface area (Å²) < 4.78 is 23.5. The molecule has 0 fully saturated rings. The van der Waals surface area contributed by atoms with E-state index >= 15 is 0 Å². The van der Waals surface area contributed by atoms with E-state index in [0.29, 0.717) is 5.56 Å². The van der Waals surface area contributed by atoms with Crippen molar-refractivity contribution < 1.29 is 13.5 Å². The van der Waals surface area contributed by atoms with Crippen LogP contribution in [0.15, 0.2) is 42.5 Å². The van der Waals surface area contributed by atoms with E-state index in [-0.39, 0.29) is 16.5 Å². The summed E-state index contributed by atoms with van der Waals surface area (Å²) in [6.45, 7) is 0. The molecule has 0 spiro atoms. The van der Waals surface area contributed by atoms with E-state index in [1.807, 2.05) is 30.3 Å². The lowest BCUT2D eigenvalue weighted by molar-refractivity contribution is 0.478. The minimum absolute atomic E-state index is 0.00543. The lowest BCUT2D eigenvalue weighted by Crippen LogP contribution is -1.97. The van der Waals surface area contributed by atoms with E-state index in [9.17, 15) is 13.5 Å². The molecule has 2 aromatic rings. The van der Waals surface area contributed by atoms with Gasteiger partial charge in [0.25, 0.3) is 0 Å². The molecule has 2 aromatic carbocycles. The molecule has 0 aliphatic carbocycles. The number of benzene rings is 2. The first kappa shape index (κ1) is 12.7. The highest BCUT2D eigenvalue weighted by molar-refractivity contribution is 7.73. The summed E-state index contributed by atoms with van der Waals surface area (Å²) >= 11 is 6.10. The first-order valence-electron chi connectivity index (χ1n) is 5.07. The minimum atomic E-state index is -2.88. The Balaban J connectivity index is 2.58. The quantitative estimate of drug-likeness (QED) is 0.599. The van der Waals surface area contributed by atoms with Gasteiger partial charge in [0.15, 0.2) is 0 Å². The van der Waals surface area contributed by atoms with Crippen LogP contribution >= 0.6 is 11.6 Å². The number of halogens is 1. The predicted octanol–water partition coefficient (Wildman–Crippen LogP) is 2.65. The molecule has 0 saturated carbocycles. The number of thiol groups is 1. The number of phenolic OH excluding ortho intramolecular Hbond substituents is 1. The second-order valence-electron chi connectivity index (χ2n) is 3.56. The van der Waals surface area contributed by atoms with E-state index in [1.54, 1.807) is 6.07 Å². The zero-order valence-electron chi connectivity index (χ0n) is 9.13. The van der Waals surface area contributed by atoms with Crippen LogP contribution in [0.3, 0.4) is 0 Å². The van der Waals surface area contributed by atoms with E-state index in [2.05, 4.69) is 4.72 Å². The van der Waals surface area contributed by atoms with Crippen LogP contribution in [-0.4, -0.2) is 13.5 Å². The minimum Gasteiger partial charge on any atom is -0.506 e. The fourth-order valence-corrected chi connectivity index (χ4v) is 2.40. The van der Waals surface area contributed by atoms with Gasteiger partial charge in [-0.3, -0.25) is 4.72 Å². The third kappa shape index (κ3) is 2.57. The zero-order valence-corrected chi connectivity index (χ0v) is 10.8. The van der Waals surface area contributed by atoms with Crippen molar-refractivity contribution >= 4 is 28.2 Å². The molecule has 0 atom stereocenters. The number of phenols is 1. The number of anilines is 1. The van der Waals surface area contributed by atoms with E-state index in [4.69, 9.17) is 11.6 Å². The van der Waals surface area contributed by atoms with Crippen LogP contribution in [0.5, 0.6) is 5.75 Å². The molecule has 0 saturated heterocycles. The summed E-state index contributed by atoms with van der Waals surface area (Å²) in [7, 11) is -2.88. The summed E-state index contributed by atoms with van der Waals surface area (Å²) in [6, 6.07) is 12.3. The first-order chi connectivity index (χ1) is 8.59. The van der Waals surface area contributed by atoms with Crippen molar-refractivity contribution in [1.82, 2.24) is 0 Å². The van der Waals surface area contributed by atoms with Crippen molar-refractivity contribution in [3.8, 4) is 16.9 Å². The maximum absolute atomic E-state index is 10.7. The van der Waals surface area contributed by atoms with E-state index in [0.717, 1.165) is 5.56 Å². The highest BCUT2D eigenvalue weighted by atomic mass is 35.5. The summed E-state index contributed by atoms with van der Waals surface area (Å²) in [5.41, 5.74) is 1.48. The van der Waals surface area contributed by atoms with Crippen LogP contribution in [0.1, 0.15) is 0 Å². The standard InChI is InChI=1S/C12H10ClNO3S/c13-11-9(8-4-2-1-3-5-8)6-7-10(15)12(11)14-18(16)17/h1-7,15,18H,(H,14,16,17). The summed E-state index contributed by atoms with van der Waals surface area (Å²) in [6.07, 6.45) is 0. The Morgan fingerprint density at radius 1 is 1.06 bits per heavy atom. The van der Waals surface area contributed by atoms with Crippen LogP contribution < -0.4 is 4.72 Å². The molecule has 0 aromatic heterocycles. The Kier molecular flexibility index (Phi) is 3.74. The Bertz CT molecular complexity index is 633. The van der Waals surface area contributed by atoms with E-state index in [1.165, 1.54) is 6.07 Å². The molecule has 18 heavy (non-hydrogen) atoms. The smallest absolute Gasteiger partial charge is 0.222 e. The second-order valence-corrected chi connectivity index (χ2v) is 4.67. The number of hydrogen-bond donors (Lipinski definition) is 3. The van der Waals surface area contributed by atoms with Gasteiger partial charge in [0.05, 0.1) is 5.02 Å². The zero-order chi connectivity index (χ0) is 13.1. The average molecular weight is 284 g/mol. The van der Waals surface area contributed by atoms with E-state index < -0.39 is 10.9 Å². The van der Waals surface area contributed by atoms with Gasteiger partial charge in [-0.1, -0.05) is 41.9 Å². The Morgan fingerprint density at radius 2 is 1.72 bits per heavy atom. The van der Waals surface area contributed by atoms with Gasteiger partial charge < -0.3 is 5.11 Å². The molecule has 0 amide bonds. The maximum Gasteiger partial charge on any atom is 0.222 e. The van der Waals surface area contributed by atoms with Crippen LogP contribution in [0.25, 0.3) is 11.1 Å². The molecule has 0 unspecified atom stereocenters. The number of rotatable bonds is 3. The van der Waals surface area contributed by atoms with Gasteiger partial charge in [-0.05, 0) is 17.7 Å². The molecular weight excluding hydrogens is 274 g/mol. The Labute approximate surface area is 111 Å². The first-order valence-corrected chi connectivity index (χ1v) is 6.63. The van der Waals surface area contributed by atoms with Gasteiger partial charge >= 0.3 is 0 Å². The Hall–Kier alpha value is -1.72. The monoisotopic (exact) mass is 283 g/mol. The molecule has 4 nitrogen and oxygen atoms in total. The highest BCUT2D eigenvalue weighted by Crippen LogP contribution is 2.39. The topological polar surface area (TPSA) is 66.4 Å². The maximum atomic E-state index is 10.7. The fourth-order valence-electron chi connectivity index (χ4n) is 1.60.